The van der Waals surface area contributed by atoms with Crippen LogP contribution < -0.4 is 21.3 Å². The van der Waals surface area contributed by atoms with Gasteiger partial charge in [0.15, 0.2) is 24.1 Å². The number of nitrogens with two attached hydrogens (primary N) is 1. The molecule has 102 valence electrons. The molecule has 19 heavy (non-hydrogen) atoms. The second-order valence-electron chi connectivity index (χ2n) is 5.15. The normalized spacial score (nSPS) is 29.4. The van der Waals surface area contributed by atoms with Gasteiger partial charge in [0.2, 0.25) is 0 Å². The van der Waals surface area contributed by atoms with E-state index in [2.05, 4.69) is 32.4 Å². The molecule has 7 heteroatoms. The number of piperidine rings is 1. The van der Waals surface area contributed by atoms with Gasteiger partial charge in [-0.1, -0.05) is 0 Å². The molecule has 7 nitrogen and oxygen atoms in total. The summed E-state index contributed by atoms with van der Waals surface area (Å²) in [6.07, 6.45) is 3.82. The molecule has 4 N–H and O–H groups in total. The summed E-state index contributed by atoms with van der Waals surface area (Å²) in [7, 11) is 0. The van der Waals surface area contributed by atoms with E-state index in [9.17, 15) is 4.79 Å². The van der Waals surface area contributed by atoms with E-state index in [0.717, 1.165) is 37.2 Å². The van der Waals surface area contributed by atoms with Crippen molar-refractivity contribution in [3.05, 3.63) is 6.33 Å². The Bertz CT molecular complexity index is 493. The topological polar surface area (TPSA) is 96.2 Å². The number of aromatic nitrogens is 2. The van der Waals surface area contributed by atoms with Crippen LogP contribution in [0.1, 0.15) is 19.8 Å². The van der Waals surface area contributed by atoms with Crippen molar-refractivity contribution >= 4 is 23.6 Å². The van der Waals surface area contributed by atoms with Crippen LogP contribution in [0.4, 0.5) is 17.3 Å². The third kappa shape index (κ3) is 2.10. The average Bonchev–Trinajstić information content (AvgIpc) is 2.82. The van der Waals surface area contributed by atoms with Gasteiger partial charge in [0.25, 0.3) is 0 Å². The molecule has 0 aliphatic carbocycles. The Morgan fingerprint density at radius 3 is 3.05 bits per heavy atom. The number of nitrogens with zero attached hydrogens (tertiary/aromatic N) is 3. The molecular weight excluding hydrogens is 244 g/mol. The Morgan fingerprint density at radius 1 is 1.47 bits per heavy atom. The number of fused-ring (bicyclic) bond motifs is 1. The third-order valence-corrected chi connectivity index (χ3v) is 3.74. The highest BCUT2D eigenvalue weighted by atomic mass is 16.1. The lowest BCUT2D eigenvalue weighted by Crippen LogP contribution is -2.46. The number of hydrogen-bond acceptors (Lipinski definition) is 7. The number of hydrogen-bond donors (Lipinski definition) is 3. The van der Waals surface area contributed by atoms with E-state index in [4.69, 9.17) is 5.73 Å². The number of nitrogens with one attached hydrogen (secondary N) is 2. The third-order valence-electron chi connectivity index (χ3n) is 3.74. The second-order valence-corrected chi connectivity index (χ2v) is 5.15. The number of carbonyl (C=O) groups is 1. The fourth-order valence-corrected chi connectivity index (χ4v) is 2.77. The van der Waals surface area contributed by atoms with Gasteiger partial charge in [-0.25, -0.2) is 9.97 Å². The molecule has 2 aliphatic heterocycles. The van der Waals surface area contributed by atoms with E-state index in [1.807, 2.05) is 0 Å². The largest absolute Gasteiger partial charge is 0.353 e. The maximum atomic E-state index is 10.9. The lowest BCUT2D eigenvalue weighted by molar-refractivity contribution is -0.107. The minimum absolute atomic E-state index is 0.259. The molecule has 3 heterocycles. The summed E-state index contributed by atoms with van der Waals surface area (Å²) in [5, 5.41) is 6.11. The minimum atomic E-state index is -0.423. The molecule has 1 fully saturated rings. The predicted octanol–water partition coefficient (Wildman–Crippen LogP) is 0.155. The minimum Gasteiger partial charge on any atom is -0.353 e. The molecule has 3 rings (SSSR count). The van der Waals surface area contributed by atoms with Crippen molar-refractivity contribution in [2.75, 3.05) is 22.1 Å². The van der Waals surface area contributed by atoms with E-state index in [-0.39, 0.29) is 6.04 Å². The molecule has 3 atom stereocenters. The molecule has 0 saturated carbocycles. The monoisotopic (exact) mass is 262 g/mol. The van der Waals surface area contributed by atoms with Gasteiger partial charge in [-0.3, -0.25) is 4.79 Å². The van der Waals surface area contributed by atoms with Crippen LogP contribution in [0.15, 0.2) is 6.33 Å². The van der Waals surface area contributed by atoms with Crippen molar-refractivity contribution < 1.29 is 4.79 Å². The average molecular weight is 262 g/mol. The number of carbonyl (C=O) groups excluding carboxylic acids is 1. The Labute approximate surface area is 111 Å². The van der Waals surface area contributed by atoms with Crippen molar-refractivity contribution in [1.82, 2.24) is 9.97 Å². The highest BCUT2D eigenvalue weighted by molar-refractivity contribution is 5.87. The summed E-state index contributed by atoms with van der Waals surface area (Å²) in [4.78, 5) is 21.6. The first-order chi connectivity index (χ1) is 9.19. The van der Waals surface area contributed by atoms with Crippen LogP contribution in [0.25, 0.3) is 0 Å². The zero-order valence-electron chi connectivity index (χ0n) is 10.8. The second kappa shape index (κ2) is 4.65. The Hall–Kier alpha value is -1.89. The molecule has 0 amide bonds. The molecule has 2 aliphatic rings. The summed E-state index contributed by atoms with van der Waals surface area (Å²) in [6, 6.07) is 0.592. The Balaban J connectivity index is 1.90. The van der Waals surface area contributed by atoms with Gasteiger partial charge in [0.05, 0.1) is 0 Å². The fraction of sp³-hybridized carbons (Fsp3) is 0.583. The quantitative estimate of drug-likeness (QED) is 0.653. The Morgan fingerprint density at radius 2 is 2.32 bits per heavy atom. The summed E-state index contributed by atoms with van der Waals surface area (Å²) >= 11 is 0. The maximum absolute atomic E-state index is 10.9. The van der Waals surface area contributed by atoms with Crippen LogP contribution in [0.2, 0.25) is 0 Å². The number of rotatable bonds is 2. The van der Waals surface area contributed by atoms with E-state index in [0.29, 0.717) is 11.9 Å². The zero-order chi connectivity index (χ0) is 13.4. The van der Waals surface area contributed by atoms with Crippen LogP contribution in [0.5, 0.6) is 0 Å². The van der Waals surface area contributed by atoms with Crippen LogP contribution in [-0.2, 0) is 4.79 Å². The van der Waals surface area contributed by atoms with Crippen LogP contribution in [0.3, 0.4) is 0 Å². The van der Waals surface area contributed by atoms with E-state index >= 15 is 0 Å². The van der Waals surface area contributed by atoms with Crippen molar-refractivity contribution in [2.24, 2.45) is 5.73 Å². The predicted molar refractivity (Wildman–Crippen MR) is 73.1 cm³/mol. The lowest BCUT2D eigenvalue weighted by Gasteiger charge is -2.37. The van der Waals surface area contributed by atoms with Gasteiger partial charge in [0, 0.05) is 18.6 Å². The van der Waals surface area contributed by atoms with E-state index in [1.54, 1.807) is 0 Å². The van der Waals surface area contributed by atoms with Crippen molar-refractivity contribution in [3.8, 4) is 0 Å². The van der Waals surface area contributed by atoms with Crippen molar-refractivity contribution in [1.29, 1.82) is 0 Å². The molecular formula is C12H18N6O. The molecule has 1 aromatic rings. The van der Waals surface area contributed by atoms with Crippen molar-refractivity contribution in [3.63, 3.8) is 0 Å². The highest BCUT2D eigenvalue weighted by Gasteiger charge is 2.30. The lowest BCUT2D eigenvalue weighted by atomic mass is 9.99. The smallest absolute Gasteiger partial charge is 0.162 e. The maximum Gasteiger partial charge on any atom is 0.162 e. The first-order valence-electron chi connectivity index (χ1n) is 6.54. The van der Waals surface area contributed by atoms with Crippen LogP contribution in [-0.4, -0.2) is 41.0 Å². The highest BCUT2D eigenvalue weighted by Crippen LogP contribution is 2.36. The summed E-state index contributed by atoms with van der Waals surface area (Å²) < 4.78 is 0. The number of anilines is 3. The zero-order valence-corrected chi connectivity index (χ0v) is 10.8. The first kappa shape index (κ1) is 12.2. The number of aldehydes is 1. The van der Waals surface area contributed by atoms with Crippen LogP contribution >= 0.6 is 0 Å². The first-order valence-corrected chi connectivity index (χ1v) is 6.54. The molecule has 1 saturated heterocycles. The Kier molecular flexibility index (Phi) is 2.98. The SMILES string of the molecule is CC1CC(N)CCN1c1ncnc2c1NC(C=O)N2. The fourth-order valence-electron chi connectivity index (χ4n) is 2.77. The molecule has 0 radical (unpaired) electrons. The van der Waals surface area contributed by atoms with Gasteiger partial charge in [0.1, 0.15) is 12.0 Å². The molecule has 0 bridgehead atoms. The van der Waals surface area contributed by atoms with Gasteiger partial charge >= 0.3 is 0 Å². The molecule has 0 spiro atoms. The van der Waals surface area contributed by atoms with Gasteiger partial charge in [-0.2, -0.15) is 0 Å². The summed E-state index contributed by atoms with van der Waals surface area (Å²) in [5.74, 6) is 1.53. The van der Waals surface area contributed by atoms with E-state index < -0.39 is 6.17 Å². The molecule has 1 aromatic heterocycles. The summed E-state index contributed by atoms with van der Waals surface area (Å²) in [5.41, 5.74) is 6.80. The summed E-state index contributed by atoms with van der Waals surface area (Å²) in [6.45, 7) is 3.02. The van der Waals surface area contributed by atoms with Gasteiger partial charge in [-0.05, 0) is 19.8 Å². The van der Waals surface area contributed by atoms with Gasteiger partial charge in [-0.15, -0.1) is 0 Å². The molecule has 0 aromatic carbocycles. The van der Waals surface area contributed by atoms with Gasteiger partial charge < -0.3 is 21.3 Å². The van der Waals surface area contributed by atoms with E-state index in [1.165, 1.54) is 6.33 Å². The molecule has 3 unspecified atom stereocenters. The standard InChI is InChI=1S/C12H18N6O/c1-7-4-8(13)2-3-18(7)12-10-11(14-6-15-12)17-9(5-19)16-10/h5-9,16H,2-4,13H2,1H3,(H,14,15,17). The van der Waals surface area contributed by atoms with Crippen molar-refractivity contribution in [2.45, 2.75) is 38.0 Å². The van der Waals surface area contributed by atoms with Crippen LogP contribution in [0, 0.1) is 0 Å².